The minimum absolute atomic E-state index is 0.0652. The Kier molecular flexibility index (Phi) is 3.99. The monoisotopic (exact) mass is 235 g/mol. The van der Waals surface area contributed by atoms with E-state index in [-0.39, 0.29) is 11.3 Å². The van der Waals surface area contributed by atoms with Crippen LogP contribution in [0.3, 0.4) is 0 Å². The van der Waals surface area contributed by atoms with Crippen molar-refractivity contribution in [2.75, 3.05) is 5.32 Å². The van der Waals surface area contributed by atoms with Gasteiger partial charge in [-0.25, -0.2) is 9.59 Å². The maximum Gasteiger partial charge on any atom is 0.337 e. The van der Waals surface area contributed by atoms with Crippen molar-refractivity contribution in [3.8, 4) is 0 Å². The van der Waals surface area contributed by atoms with Crippen LogP contribution in [0.15, 0.2) is 36.4 Å². The number of nitrogens with one attached hydrogen (secondary N) is 1. The number of aliphatic carboxylic acids is 1. The Balaban J connectivity index is 2.85. The van der Waals surface area contributed by atoms with Gasteiger partial charge < -0.3 is 15.5 Å². The Morgan fingerprint density at radius 3 is 2.29 bits per heavy atom. The Hall–Kier alpha value is -2.63. The molecule has 0 unspecified atom stereocenters. The van der Waals surface area contributed by atoms with E-state index in [1.807, 2.05) is 0 Å². The van der Waals surface area contributed by atoms with Gasteiger partial charge in [-0.05, 0) is 12.1 Å². The van der Waals surface area contributed by atoms with Crippen LogP contribution in [0.4, 0.5) is 5.69 Å². The summed E-state index contributed by atoms with van der Waals surface area (Å²) in [7, 11) is 0. The number of anilines is 1. The van der Waals surface area contributed by atoms with Gasteiger partial charge in [0.15, 0.2) is 0 Å². The largest absolute Gasteiger partial charge is 0.478 e. The van der Waals surface area contributed by atoms with Crippen LogP contribution in [0.1, 0.15) is 10.4 Å². The molecular formula is C11H9NO5. The van der Waals surface area contributed by atoms with Crippen molar-refractivity contribution in [1.82, 2.24) is 0 Å². The van der Waals surface area contributed by atoms with E-state index in [0.29, 0.717) is 6.08 Å². The summed E-state index contributed by atoms with van der Waals surface area (Å²) in [5, 5.41) is 19.4. The molecule has 6 heteroatoms. The highest BCUT2D eigenvalue weighted by Crippen LogP contribution is 2.14. The summed E-state index contributed by atoms with van der Waals surface area (Å²) < 4.78 is 0. The smallest absolute Gasteiger partial charge is 0.337 e. The third kappa shape index (κ3) is 3.78. The highest BCUT2D eigenvalue weighted by atomic mass is 16.4. The van der Waals surface area contributed by atoms with Gasteiger partial charge in [0.1, 0.15) is 0 Å². The van der Waals surface area contributed by atoms with E-state index < -0.39 is 17.8 Å². The van der Waals surface area contributed by atoms with Crippen LogP contribution in [0, 0.1) is 0 Å². The molecule has 0 aliphatic rings. The second kappa shape index (κ2) is 5.45. The average Bonchev–Trinajstić information content (AvgIpc) is 2.27. The van der Waals surface area contributed by atoms with Gasteiger partial charge in [0, 0.05) is 12.2 Å². The van der Waals surface area contributed by atoms with Crippen LogP contribution in [-0.4, -0.2) is 28.1 Å². The number of amides is 1. The van der Waals surface area contributed by atoms with E-state index in [1.165, 1.54) is 18.2 Å². The number of rotatable bonds is 4. The molecule has 0 fully saturated rings. The van der Waals surface area contributed by atoms with Crippen LogP contribution in [0.5, 0.6) is 0 Å². The molecule has 1 rings (SSSR count). The van der Waals surface area contributed by atoms with Gasteiger partial charge >= 0.3 is 11.9 Å². The number of hydrogen-bond acceptors (Lipinski definition) is 3. The van der Waals surface area contributed by atoms with Crippen molar-refractivity contribution in [1.29, 1.82) is 0 Å². The topological polar surface area (TPSA) is 104 Å². The summed E-state index contributed by atoms with van der Waals surface area (Å²) in [5.74, 6) is -3.14. The summed E-state index contributed by atoms with van der Waals surface area (Å²) in [6, 6.07) is 5.82. The Bertz CT molecular complexity index is 492. The summed E-state index contributed by atoms with van der Waals surface area (Å²) in [6.07, 6.45) is 1.47. The van der Waals surface area contributed by atoms with E-state index in [0.717, 1.165) is 6.08 Å². The molecule has 88 valence electrons. The zero-order valence-corrected chi connectivity index (χ0v) is 8.58. The molecule has 0 spiro atoms. The lowest BCUT2D eigenvalue weighted by molar-refractivity contribution is -0.131. The maximum atomic E-state index is 11.2. The lowest BCUT2D eigenvalue weighted by Crippen LogP contribution is -2.12. The van der Waals surface area contributed by atoms with Gasteiger partial charge in [0.2, 0.25) is 5.91 Å². The first-order valence-electron chi connectivity index (χ1n) is 4.55. The van der Waals surface area contributed by atoms with Gasteiger partial charge in [-0.2, -0.15) is 0 Å². The van der Waals surface area contributed by atoms with E-state index in [4.69, 9.17) is 10.2 Å². The molecular weight excluding hydrogens is 226 g/mol. The van der Waals surface area contributed by atoms with Crippen molar-refractivity contribution in [3.05, 3.63) is 42.0 Å². The zero-order valence-electron chi connectivity index (χ0n) is 8.58. The summed E-state index contributed by atoms with van der Waals surface area (Å²) in [6.45, 7) is 0. The van der Waals surface area contributed by atoms with E-state index >= 15 is 0 Å². The number of carbonyl (C=O) groups is 3. The van der Waals surface area contributed by atoms with E-state index in [9.17, 15) is 14.4 Å². The molecule has 1 amide bonds. The quantitative estimate of drug-likeness (QED) is 0.674. The van der Waals surface area contributed by atoms with Gasteiger partial charge in [0.05, 0.1) is 11.3 Å². The molecule has 0 bridgehead atoms. The second-order valence-electron chi connectivity index (χ2n) is 3.01. The lowest BCUT2D eigenvalue weighted by atomic mass is 10.2. The number of hydrogen-bond donors (Lipinski definition) is 3. The van der Waals surface area contributed by atoms with Crippen LogP contribution >= 0.6 is 0 Å². The summed E-state index contributed by atoms with van der Waals surface area (Å²) in [5.41, 5.74) is 0.0459. The molecule has 0 saturated carbocycles. The highest BCUT2D eigenvalue weighted by molar-refractivity contribution is 6.06. The van der Waals surface area contributed by atoms with Crippen LogP contribution < -0.4 is 5.32 Å². The predicted molar refractivity (Wildman–Crippen MR) is 58.8 cm³/mol. The average molecular weight is 235 g/mol. The lowest BCUT2D eigenvalue weighted by Gasteiger charge is -2.05. The molecule has 0 aliphatic carbocycles. The first-order valence-corrected chi connectivity index (χ1v) is 4.55. The molecule has 3 N–H and O–H groups in total. The minimum Gasteiger partial charge on any atom is -0.478 e. The molecule has 6 nitrogen and oxygen atoms in total. The summed E-state index contributed by atoms with van der Waals surface area (Å²) >= 11 is 0. The number of carboxylic acids is 2. The van der Waals surface area contributed by atoms with Crippen molar-refractivity contribution in [2.24, 2.45) is 0 Å². The number of aromatic carboxylic acids is 1. The molecule has 0 aromatic heterocycles. The van der Waals surface area contributed by atoms with Gasteiger partial charge in [-0.15, -0.1) is 0 Å². The first kappa shape index (κ1) is 12.4. The molecule has 0 heterocycles. The van der Waals surface area contributed by atoms with E-state index in [2.05, 4.69) is 5.32 Å². The fourth-order valence-electron chi connectivity index (χ4n) is 1.10. The Morgan fingerprint density at radius 2 is 1.71 bits per heavy atom. The maximum absolute atomic E-state index is 11.2. The van der Waals surface area contributed by atoms with Gasteiger partial charge in [-0.3, -0.25) is 4.79 Å². The third-order valence-electron chi connectivity index (χ3n) is 1.79. The number of carbonyl (C=O) groups excluding carboxylic acids is 1. The number of benzene rings is 1. The van der Waals surface area contributed by atoms with Crippen LogP contribution in [0.25, 0.3) is 0 Å². The van der Waals surface area contributed by atoms with Gasteiger partial charge in [0.25, 0.3) is 0 Å². The van der Waals surface area contributed by atoms with E-state index in [1.54, 1.807) is 6.07 Å². The predicted octanol–water partition coefficient (Wildman–Crippen LogP) is 0.964. The second-order valence-corrected chi connectivity index (χ2v) is 3.01. The third-order valence-corrected chi connectivity index (χ3v) is 1.79. The minimum atomic E-state index is -1.26. The molecule has 0 aliphatic heterocycles. The SMILES string of the molecule is O=C(O)C=CC(=O)Nc1ccccc1C(=O)O. The normalized spacial score (nSPS) is 10.1. The highest BCUT2D eigenvalue weighted by Gasteiger charge is 2.10. The van der Waals surface area contributed by atoms with Crippen LogP contribution in [-0.2, 0) is 9.59 Å². The van der Waals surface area contributed by atoms with Crippen LogP contribution in [0.2, 0.25) is 0 Å². The Labute approximate surface area is 96.2 Å². The Morgan fingerprint density at radius 1 is 1.06 bits per heavy atom. The molecule has 1 aromatic carbocycles. The fourth-order valence-corrected chi connectivity index (χ4v) is 1.10. The van der Waals surface area contributed by atoms with Gasteiger partial charge in [-0.1, -0.05) is 12.1 Å². The molecule has 0 atom stereocenters. The van der Waals surface area contributed by atoms with Crippen molar-refractivity contribution in [3.63, 3.8) is 0 Å². The fraction of sp³-hybridized carbons (Fsp3) is 0. The first-order chi connectivity index (χ1) is 8.00. The standard InChI is InChI=1S/C11H9NO5/c13-9(5-6-10(14)15)12-8-4-2-1-3-7(8)11(16)17/h1-6H,(H,12,13)(H,14,15)(H,16,17). The van der Waals surface area contributed by atoms with Crippen molar-refractivity contribution in [2.45, 2.75) is 0 Å². The van der Waals surface area contributed by atoms with Crippen molar-refractivity contribution >= 4 is 23.5 Å². The number of carboxylic acid groups (broad SMARTS) is 2. The number of para-hydroxylation sites is 1. The molecule has 0 saturated heterocycles. The molecule has 1 aromatic rings. The summed E-state index contributed by atoms with van der Waals surface area (Å²) in [4.78, 5) is 32.2. The molecule has 0 radical (unpaired) electrons. The zero-order chi connectivity index (χ0) is 12.8. The van der Waals surface area contributed by atoms with Crippen molar-refractivity contribution < 1.29 is 24.6 Å². The molecule has 17 heavy (non-hydrogen) atoms.